The molecule has 6 aliphatic rings. The maximum absolute atomic E-state index is 13.8. The SMILES string of the molecule is CC(=O)O[C@H]1CC[C@@]2(C)C(CC[C@]3(C)C2CCC2C4=C(C(C)C)C(=O)C[C@]4(NC(=O)OCC4(C)CC4)CC[C@]23C)C1(C)C. The van der Waals surface area contributed by atoms with Gasteiger partial charge in [0.15, 0.2) is 5.78 Å². The molecule has 43 heavy (non-hydrogen) atoms. The van der Waals surface area contributed by atoms with E-state index in [4.69, 9.17) is 9.47 Å². The molecule has 1 amide bonds. The quantitative estimate of drug-likeness (QED) is 0.324. The van der Waals surface area contributed by atoms with Crippen molar-refractivity contribution in [3.05, 3.63) is 11.1 Å². The molecular weight excluding hydrogens is 538 g/mol. The summed E-state index contributed by atoms with van der Waals surface area (Å²) in [5.41, 5.74) is 2.02. The van der Waals surface area contributed by atoms with Crippen LogP contribution in [0, 0.1) is 50.7 Å². The average molecular weight is 596 g/mol. The minimum Gasteiger partial charge on any atom is -0.462 e. The Morgan fingerprint density at radius 3 is 2.19 bits per heavy atom. The van der Waals surface area contributed by atoms with Gasteiger partial charge in [-0.2, -0.15) is 0 Å². The van der Waals surface area contributed by atoms with Crippen molar-refractivity contribution in [2.24, 2.45) is 50.7 Å². The second-order valence-electron chi connectivity index (χ2n) is 17.7. The molecule has 6 nitrogen and oxygen atoms in total. The van der Waals surface area contributed by atoms with E-state index >= 15 is 0 Å². The van der Waals surface area contributed by atoms with Crippen LogP contribution in [0.4, 0.5) is 4.79 Å². The Morgan fingerprint density at radius 1 is 0.860 bits per heavy atom. The standard InChI is InChI=1S/C37H57NO5/c1-22(2)29-25(40)20-37(38-31(41)42-21-33(6)16-17-33)19-18-35(8)24(30(29)37)10-11-27-34(7)14-13-28(43-23(3)39)32(4,5)26(34)12-15-36(27,35)9/h22,24,26-28H,10-21H2,1-9H3,(H,38,41)/t24?,26?,27?,28-,34-,35+,36+,37+/m0/s1. The van der Waals surface area contributed by atoms with E-state index in [-0.39, 0.29) is 62.9 Å². The second-order valence-corrected chi connectivity index (χ2v) is 17.7. The molecule has 1 N–H and O–H groups in total. The van der Waals surface area contributed by atoms with Crippen LogP contribution in [0.15, 0.2) is 11.1 Å². The molecule has 240 valence electrons. The van der Waals surface area contributed by atoms with Crippen molar-refractivity contribution in [3.63, 3.8) is 0 Å². The summed E-state index contributed by atoms with van der Waals surface area (Å²) < 4.78 is 11.7. The molecule has 6 rings (SSSR count). The number of amides is 1. The Kier molecular flexibility index (Phi) is 7.12. The number of nitrogens with one attached hydrogen (secondary N) is 1. The number of hydrogen-bond donors (Lipinski definition) is 1. The Hall–Kier alpha value is -1.85. The van der Waals surface area contributed by atoms with Crippen molar-refractivity contribution in [2.45, 2.75) is 145 Å². The average Bonchev–Trinajstić information content (AvgIpc) is 3.56. The minimum absolute atomic E-state index is 0.0220. The zero-order valence-electron chi connectivity index (χ0n) is 28.4. The fraction of sp³-hybridized carbons (Fsp3) is 0.865. The fourth-order valence-corrected chi connectivity index (χ4v) is 12.0. The number of allylic oxidation sites excluding steroid dienone is 1. The first-order valence-electron chi connectivity index (χ1n) is 17.3. The third kappa shape index (κ3) is 4.48. The molecule has 5 saturated carbocycles. The molecule has 0 aromatic heterocycles. The normalized spacial score (nSPS) is 44.1. The highest BCUT2D eigenvalue weighted by molar-refractivity contribution is 6.02. The Bertz CT molecular complexity index is 1250. The maximum Gasteiger partial charge on any atom is 0.407 e. The minimum atomic E-state index is -0.614. The predicted octanol–water partition coefficient (Wildman–Crippen LogP) is 8.18. The number of fused-ring (bicyclic) bond motifs is 7. The Morgan fingerprint density at radius 2 is 1.56 bits per heavy atom. The van der Waals surface area contributed by atoms with Crippen molar-refractivity contribution in [2.75, 3.05) is 6.61 Å². The fourth-order valence-electron chi connectivity index (χ4n) is 12.0. The number of hydrogen-bond acceptors (Lipinski definition) is 5. The maximum atomic E-state index is 13.8. The van der Waals surface area contributed by atoms with Crippen molar-refractivity contribution < 1.29 is 23.9 Å². The third-order valence-corrected chi connectivity index (χ3v) is 14.7. The molecule has 6 aliphatic carbocycles. The number of esters is 1. The molecule has 3 unspecified atom stereocenters. The molecule has 0 aromatic rings. The summed E-state index contributed by atoms with van der Waals surface area (Å²) in [6.07, 6.45) is 10.5. The molecule has 0 saturated heterocycles. The van der Waals surface area contributed by atoms with Gasteiger partial charge in [0.05, 0.1) is 12.1 Å². The van der Waals surface area contributed by atoms with Gasteiger partial charge in [0.2, 0.25) is 0 Å². The Labute approximate surface area is 259 Å². The molecule has 0 aliphatic heterocycles. The van der Waals surface area contributed by atoms with Crippen LogP contribution in [0.5, 0.6) is 0 Å². The summed E-state index contributed by atoms with van der Waals surface area (Å²) in [7, 11) is 0. The molecular formula is C37H57NO5. The number of rotatable bonds is 5. The van der Waals surface area contributed by atoms with E-state index in [1.165, 1.54) is 5.57 Å². The molecule has 5 fully saturated rings. The summed E-state index contributed by atoms with van der Waals surface area (Å²) in [5, 5.41) is 3.35. The van der Waals surface area contributed by atoms with E-state index in [0.717, 1.165) is 69.8 Å². The zero-order valence-corrected chi connectivity index (χ0v) is 28.4. The molecule has 0 heterocycles. The van der Waals surface area contributed by atoms with Gasteiger partial charge in [-0.25, -0.2) is 4.79 Å². The van der Waals surface area contributed by atoms with Crippen LogP contribution in [0.2, 0.25) is 0 Å². The van der Waals surface area contributed by atoms with Gasteiger partial charge >= 0.3 is 12.1 Å². The number of carbonyl (C=O) groups is 3. The number of ether oxygens (including phenoxy) is 2. The zero-order chi connectivity index (χ0) is 31.4. The first-order valence-corrected chi connectivity index (χ1v) is 17.3. The third-order valence-electron chi connectivity index (χ3n) is 14.7. The summed E-state index contributed by atoms with van der Waals surface area (Å²) >= 11 is 0. The van der Waals surface area contributed by atoms with Crippen LogP contribution in [-0.4, -0.2) is 36.1 Å². The van der Waals surface area contributed by atoms with Gasteiger partial charge in [-0.1, -0.05) is 55.4 Å². The number of alkyl carbamates (subject to hydrolysis) is 1. The van der Waals surface area contributed by atoms with Crippen molar-refractivity contribution in [1.82, 2.24) is 5.32 Å². The van der Waals surface area contributed by atoms with Crippen LogP contribution in [-0.2, 0) is 19.1 Å². The van der Waals surface area contributed by atoms with Crippen LogP contribution >= 0.6 is 0 Å². The highest BCUT2D eigenvalue weighted by atomic mass is 16.6. The van der Waals surface area contributed by atoms with Crippen LogP contribution in [0.25, 0.3) is 0 Å². The van der Waals surface area contributed by atoms with E-state index < -0.39 is 5.54 Å². The highest BCUT2D eigenvalue weighted by Gasteiger charge is 2.70. The Balaban J connectivity index is 1.33. The highest BCUT2D eigenvalue weighted by Crippen LogP contribution is 2.75. The summed E-state index contributed by atoms with van der Waals surface area (Å²) in [6, 6.07) is 0. The van der Waals surface area contributed by atoms with Crippen molar-refractivity contribution >= 4 is 17.8 Å². The van der Waals surface area contributed by atoms with Crippen molar-refractivity contribution in [3.8, 4) is 0 Å². The molecule has 8 atom stereocenters. The lowest BCUT2D eigenvalue weighted by Gasteiger charge is -2.72. The van der Waals surface area contributed by atoms with Gasteiger partial charge in [-0.15, -0.1) is 0 Å². The molecule has 6 heteroatoms. The van der Waals surface area contributed by atoms with E-state index in [1.54, 1.807) is 6.92 Å². The second kappa shape index (κ2) is 9.82. The lowest BCUT2D eigenvalue weighted by atomic mass is 9.33. The van der Waals surface area contributed by atoms with E-state index in [1.807, 2.05) is 0 Å². The lowest BCUT2D eigenvalue weighted by Crippen LogP contribution is -2.67. The van der Waals surface area contributed by atoms with Gasteiger partial charge < -0.3 is 14.8 Å². The van der Waals surface area contributed by atoms with Crippen LogP contribution in [0.3, 0.4) is 0 Å². The van der Waals surface area contributed by atoms with Crippen LogP contribution < -0.4 is 5.32 Å². The molecule has 0 spiro atoms. The van der Waals surface area contributed by atoms with E-state index in [9.17, 15) is 14.4 Å². The summed E-state index contributed by atoms with van der Waals surface area (Å²) in [4.78, 5) is 39.1. The largest absolute Gasteiger partial charge is 0.462 e. The van der Waals surface area contributed by atoms with Crippen LogP contribution in [0.1, 0.15) is 133 Å². The molecule has 0 bridgehead atoms. The van der Waals surface area contributed by atoms with Crippen molar-refractivity contribution in [1.29, 1.82) is 0 Å². The van der Waals surface area contributed by atoms with E-state index in [0.29, 0.717) is 24.9 Å². The van der Waals surface area contributed by atoms with Gasteiger partial charge in [0.25, 0.3) is 0 Å². The van der Waals surface area contributed by atoms with E-state index in [2.05, 4.69) is 60.7 Å². The first-order chi connectivity index (χ1) is 19.9. The topological polar surface area (TPSA) is 81.7 Å². The first kappa shape index (κ1) is 31.1. The number of ketones is 1. The van der Waals surface area contributed by atoms with Gasteiger partial charge in [0, 0.05) is 24.2 Å². The molecule has 0 radical (unpaired) electrons. The van der Waals surface area contributed by atoms with Gasteiger partial charge in [-0.05, 0) is 115 Å². The lowest BCUT2D eigenvalue weighted by molar-refractivity contribution is -0.231. The molecule has 0 aromatic carbocycles. The number of carbonyl (C=O) groups excluding carboxylic acids is 3. The summed E-state index contributed by atoms with van der Waals surface area (Å²) in [5.74, 6) is 1.53. The smallest absolute Gasteiger partial charge is 0.407 e. The predicted molar refractivity (Wildman–Crippen MR) is 167 cm³/mol. The summed E-state index contributed by atoms with van der Waals surface area (Å²) in [6.45, 7) is 20.8. The monoisotopic (exact) mass is 595 g/mol. The number of Topliss-reactive ketones (excluding diaryl/α,β-unsaturated/α-hetero) is 1. The van der Waals surface area contributed by atoms with Gasteiger partial charge in [-0.3, -0.25) is 9.59 Å². The van der Waals surface area contributed by atoms with Gasteiger partial charge in [0.1, 0.15) is 6.10 Å².